The van der Waals surface area contributed by atoms with Crippen molar-refractivity contribution in [2.45, 2.75) is 32.7 Å². The SMILES string of the molecule is CCCN(C(=O)/C=C/c1ccc(OCC)cc1)C1CCS(=O)(=O)C1. The molecule has 1 aliphatic rings. The van der Waals surface area contributed by atoms with E-state index in [1.807, 2.05) is 38.1 Å². The van der Waals surface area contributed by atoms with E-state index in [-0.39, 0.29) is 23.5 Å². The molecular weight excluding hydrogens is 326 g/mol. The number of carbonyl (C=O) groups is 1. The van der Waals surface area contributed by atoms with Crippen LogP contribution in [0, 0.1) is 0 Å². The van der Waals surface area contributed by atoms with Crippen LogP contribution in [0.4, 0.5) is 0 Å². The van der Waals surface area contributed by atoms with Crippen molar-refractivity contribution in [1.82, 2.24) is 4.90 Å². The maximum Gasteiger partial charge on any atom is 0.246 e. The number of hydrogen-bond donors (Lipinski definition) is 0. The fraction of sp³-hybridized carbons (Fsp3) is 0.500. The Morgan fingerprint density at radius 2 is 2.00 bits per heavy atom. The molecule has 5 nitrogen and oxygen atoms in total. The van der Waals surface area contributed by atoms with Crippen molar-refractivity contribution >= 4 is 21.8 Å². The summed E-state index contributed by atoms with van der Waals surface area (Å²) in [6.45, 7) is 5.11. The Morgan fingerprint density at radius 3 is 2.54 bits per heavy atom. The van der Waals surface area contributed by atoms with Crippen LogP contribution in [0.25, 0.3) is 6.08 Å². The highest BCUT2D eigenvalue weighted by atomic mass is 32.2. The van der Waals surface area contributed by atoms with Crippen molar-refractivity contribution in [2.75, 3.05) is 24.7 Å². The van der Waals surface area contributed by atoms with Crippen molar-refractivity contribution in [2.24, 2.45) is 0 Å². The molecule has 0 aromatic heterocycles. The summed E-state index contributed by atoms with van der Waals surface area (Å²) in [5.74, 6) is 0.918. The van der Waals surface area contributed by atoms with Crippen LogP contribution < -0.4 is 4.74 Å². The van der Waals surface area contributed by atoms with E-state index in [1.54, 1.807) is 11.0 Å². The van der Waals surface area contributed by atoms with Gasteiger partial charge in [0, 0.05) is 18.7 Å². The molecule has 0 spiro atoms. The molecule has 0 saturated carbocycles. The first-order valence-corrected chi connectivity index (χ1v) is 10.2. The zero-order chi connectivity index (χ0) is 17.6. The summed E-state index contributed by atoms with van der Waals surface area (Å²) in [4.78, 5) is 14.2. The monoisotopic (exact) mass is 351 g/mol. The molecule has 1 atom stereocenters. The number of benzene rings is 1. The van der Waals surface area contributed by atoms with E-state index < -0.39 is 9.84 Å². The molecule has 0 N–H and O–H groups in total. The summed E-state index contributed by atoms with van der Waals surface area (Å²) in [5, 5.41) is 0. The lowest BCUT2D eigenvalue weighted by molar-refractivity contribution is -0.127. The lowest BCUT2D eigenvalue weighted by Gasteiger charge is -2.26. The second-order valence-electron chi connectivity index (χ2n) is 5.92. The molecule has 132 valence electrons. The van der Waals surface area contributed by atoms with Crippen LogP contribution >= 0.6 is 0 Å². The van der Waals surface area contributed by atoms with E-state index in [0.717, 1.165) is 17.7 Å². The van der Waals surface area contributed by atoms with E-state index in [4.69, 9.17) is 4.74 Å². The van der Waals surface area contributed by atoms with Gasteiger partial charge in [-0.15, -0.1) is 0 Å². The van der Waals surface area contributed by atoms with E-state index in [1.165, 1.54) is 6.08 Å². The van der Waals surface area contributed by atoms with E-state index in [0.29, 0.717) is 19.6 Å². The first-order chi connectivity index (χ1) is 11.4. The highest BCUT2D eigenvalue weighted by Crippen LogP contribution is 2.19. The normalized spacial score (nSPS) is 19.5. The van der Waals surface area contributed by atoms with Crippen molar-refractivity contribution in [3.05, 3.63) is 35.9 Å². The summed E-state index contributed by atoms with van der Waals surface area (Å²) in [7, 11) is -3.00. The number of amides is 1. The fourth-order valence-corrected chi connectivity index (χ4v) is 4.57. The predicted octanol–water partition coefficient (Wildman–Crippen LogP) is 2.52. The second-order valence-corrected chi connectivity index (χ2v) is 8.15. The lowest BCUT2D eigenvalue weighted by atomic mass is 10.1. The molecule has 1 aromatic rings. The Labute approximate surface area is 144 Å². The maximum atomic E-state index is 12.5. The topological polar surface area (TPSA) is 63.7 Å². The third-order valence-electron chi connectivity index (χ3n) is 4.01. The molecule has 24 heavy (non-hydrogen) atoms. The zero-order valence-corrected chi connectivity index (χ0v) is 15.1. The second kappa shape index (κ2) is 8.33. The molecule has 1 aromatic carbocycles. The molecule has 1 fully saturated rings. The van der Waals surface area contributed by atoms with E-state index >= 15 is 0 Å². The summed E-state index contributed by atoms with van der Waals surface area (Å²) in [5.41, 5.74) is 0.905. The van der Waals surface area contributed by atoms with Gasteiger partial charge in [0.05, 0.1) is 18.1 Å². The molecule has 6 heteroatoms. The smallest absolute Gasteiger partial charge is 0.246 e. The number of hydrogen-bond acceptors (Lipinski definition) is 4. The average molecular weight is 351 g/mol. The minimum Gasteiger partial charge on any atom is -0.494 e. The summed E-state index contributed by atoms with van der Waals surface area (Å²) in [6, 6.07) is 7.30. The number of nitrogens with zero attached hydrogens (tertiary/aromatic N) is 1. The van der Waals surface area contributed by atoms with E-state index in [2.05, 4.69) is 0 Å². The van der Waals surface area contributed by atoms with Gasteiger partial charge in [-0.3, -0.25) is 4.79 Å². The van der Waals surface area contributed by atoms with Crippen molar-refractivity contribution in [3.8, 4) is 5.75 Å². The largest absolute Gasteiger partial charge is 0.494 e. The zero-order valence-electron chi connectivity index (χ0n) is 14.3. The van der Waals surface area contributed by atoms with Crippen LogP contribution in [-0.2, 0) is 14.6 Å². The van der Waals surface area contributed by atoms with Crippen LogP contribution in [-0.4, -0.2) is 49.9 Å². The molecule has 0 aliphatic carbocycles. The maximum absolute atomic E-state index is 12.5. The molecule has 1 aliphatic heterocycles. The first kappa shape index (κ1) is 18.5. The molecule has 2 rings (SSSR count). The van der Waals surface area contributed by atoms with Crippen LogP contribution in [0.5, 0.6) is 5.75 Å². The third-order valence-corrected chi connectivity index (χ3v) is 5.76. The Kier molecular flexibility index (Phi) is 6.43. The van der Waals surface area contributed by atoms with Crippen LogP contribution in [0.2, 0.25) is 0 Å². The van der Waals surface area contributed by atoms with Crippen molar-refractivity contribution < 1.29 is 17.9 Å². The standard InChI is InChI=1S/C18H25NO4S/c1-3-12-19(16-11-13-24(21,22)14-16)18(20)10-7-15-5-8-17(9-6-15)23-4-2/h5-10,16H,3-4,11-14H2,1-2H3/b10-7+. The number of rotatable bonds is 7. The van der Waals surface area contributed by atoms with Gasteiger partial charge < -0.3 is 9.64 Å². The first-order valence-electron chi connectivity index (χ1n) is 8.37. The average Bonchev–Trinajstić information content (AvgIpc) is 2.91. The quantitative estimate of drug-likeness (QED) is 0.708. The number of sulfone groups is 1. The van der Waals surface area contributed by atoms with Crippen LogP contribution in [0.1, 0.15) is 32.3 Å². The van der Waals surface area contributed by atoms with Gasteiger partial charge in [-0.05, 0) is 43.5 Å². The van der Waals surface area contributed by atoms with Gasteiger partial charge in [-0.1, -0.05) is 19.1 Å². The van der Waals surface area contributed by atoms with Gasteiger partial charge in [0.25, 0.3) is 0 Å². The van der Waals surface area contributed by atoms with Gasteiger partial charge in [-0.25, -0.2) is 8.42 Å². The highest BCUT2D eigenvalue weighted by molar-refractivity contribution is 7.91. The van der Waals surface area contributed by atoms with Crippen LogP contribution in [0.15, 0.2) is 30.3 Å². The fourth-order valence-electron chi connectivity index (χ4n) is 2.84. The van der Waals surface area contributed by atoms with Crippen molar-refractivity contribution in [3.63, 3.8) is 0 Å². The molecule has 0 bridgehead atoms. The molecule has 0 radical (unpaired) electrons. The van der Waals surface area contributed by atoms with Gasteiger partial charge >= 0.3 is 0 Å². The summed E-state index contributed by atoms with van der Waals surface area (Å²) < 4.78 is 28.7. The van der Waals surface area contributed by atoms with E-state index in [9.17, 15) is 13.2 Å². The van der Waals surface area contributed by atoms with Gasteiger partial charge in [0.15, 0.2) is 9.84 Å². The lowest BCUT2D eigenvalue weighted by Crippen LogP contribution is -2.40. The number of ether oxygens (including phenoxy) is 1. The summed E-state index contributed by atoms with van der Waals surface area (Å²) in [6.07, 6.45) is 4.62. The predicted molar refractivity (Wildman–Crippen MR) is 95.7 cm³/mol. The van der Waals surface area contributed by atoms with Crippen LogP contribution in [0.3, 0.4) is 0 Å². The highest BCUT2D eigenvalue weighted by Gasteiger charge is 2.33. The van der Waals surface area contributed by atoms with Gasteiger partial charge in [0.2, 0.25) is 5.91 Å². The minimum absolute atomic E-state index is 0.0790. The molecule has 1 amide bonds. The molecule has 1 saturated heterocycles. The van der Waals surface area contributed by atoms with Gasteiger partial charge in [-0.2, -0.15) is 0 Å². The van der Waals surface area contributed by atoms with Crippen molar-refractivity contribution in [1.29, 1.82) is 0 Å². The molecule has 1 unspecified atom stereocenters. The number of carbonyl (C=O) groups excluding carboxylic acids is 1. The Hall–Kier alpha value is -1.82. The Bertz CT molecular complexity index is 679. The Balaban J connectivity index is 2.04. The third kappa shape index (κ3) is 5.09. The molecular formula is C18H25NO4S. The Morgan fingerprint density at radius 1 is 1.29 bits per heavy atom. The minimum atomic E-state index is -3.00. The summed E-state index contributed by atoms with van der Waals surface area (Å²) >= 11 is 0. The molecule has 1 heterocycles. The van der Waals surface area contributed by atoms with Gasteiger partial charge in [0.1, 0.15) is 5.75 Å².